The zero-order valence-electron chi connectivity index (χ0n) is 18.6. The number of hydrogen-bond acceptors (Lipinski definition) is 7. The van der Waals surface area contributed by atoms with Gasteiger partial charge in [0.25, 0.3) is 0 Å². The monoisotopic (exact) mass is 482 g/mol. The molecule has 3 aromatic rings. The first-order chi connectivity index (χ1) is 16.4. The van der Waals surface area contributed by atoms with Gasteiger partial charge in [-0.15, -0.1) is 0 Å². The van der Waals surface area contributed by atoms with Crippen LogP contribution in [0.4, 0.5) is 0 Å². The maximum Gasteiger partial charge on any atom is 0.527 e. The lowest BCUT2D eigenvalue weighted by molar-refractivity contribution is 0.0224. The smallest absolute Gasteiger partial charge is 0.493 e. The molecule has 1 N–H and O–H groups in total. The molecule has 9 heteroatoms. The molecule has 0 saturated carbocycles. The maximum absolute atomic E-state index is 12.9. The summed E-state index contributed by atoms with van der Waals surface area (Å²) in [5.41, 5.74) is 1.12. The molecule has 0 aromatic heterocycles. The first-order valence-corrected chi connectivity index (χ1v) is 12.4. The van der Waals surface area contributed by atoms with Crippen molar-refractivity contribution in [1.82, 2.24) is 0 Å². The fraction of sp³-hybridized carbons (Fsp3) is 0.240. The number of phosphoric acid groups is 1. The van der Waals surface area contributed by atoms with Crippen molar-refractivity contribution in [3.8, 4) is 23.0 Å². The molecule has 0 bridgehead atoms. The largest absolute Gasteiger partial charge is 0.527 e. The first kappa shape index (κ1) is 22.5. The van der Waals surface area contributed by atoms with Crippen molar-refractivity contribution in [3.63, 3.8) is 0 Å². The molecule has 8 nitrogen and oxygen atoms in total. The number of carbonyl (C=O) groups is 1. The van der Waals surface area contributed by atoms with E-state index in [9.17, 15) is 14.3 Å². The van der Waals surface area contributed by atoms with E-state index in [1.807, 2.05) is 24.3 Å². The molecule has 2 aliphatic rings. The summed E-state index contributed by atoms with van der Waals surface area (Å²) in [6, 6.07) is 17.3. The molecular weight excluding hydrogens is 459 g/mol. The second kappa shape index (κ2) is 8.47. The van der Waals surface area contributed by atoms with Crippen LogP contribution in [0.25, 0.3) is 0 Å². The highest BCUT2D eigenvalue weighted by Gasteiger charge is 2.53. The summed E-state index contributed by atoms with van der Waals surface area (Å²) < 4.78 is 39.7. The maximum atomic E-state index is 12.9. The summed E-state index contributed by atoms with van der Waals surface area (Å²) in [5.74, 6) is 1.00. The normalized spacial score (nSPS) is 19.3. The molecule has 1 unspecified atom stereocenters. The highest BCUT2D eigenvalue weighted by molar-refractivity contribution is 7.47. The van der Waals surface area contributed by atoms with Crippen molar-refractivity contribution in [3.05, 3.63) is 82.9 Å². The second-order valence-corrected chi connectivity index (χ2v) is 9.46. The summed E-state index contributed by atoms with van der Waals surface area (Å²) >= 11 is 0. The van der Waals surface area contributed by atoms with E-state index in [0.29, 0.717) is 46.1 Å². The number of benzene rings is 3. The van der Waals surface area contributed by atoms with Crippen molar-refractivity contribution < 1.29 is 37.5 Å². The van der Waals surface area contributed by atoms with Crippen molar-refractivity contribution in [2.45, 2.75) is 25.4 Å². The van der Waals surface area contributed by atoms with Gasteiger partial charge in [0.05, 0.1) is 12.2 Å². The summed E-state index contributed by atoms with van der Waals surface area (Å²) in [5, 5.41) is 0. The van der Waals surface area contributed by atoms with Crippen molar-refractivity contribution in [2.24, 2.45) is 0 Å². The standard InChI is InChI=1S/C25H23O8P/c1-3-4-13-30-16-9-11-20-22(14-16)31-23-15-17(33-34(27,28)29-2)10-12-21(23)25(20)19-8-6-5-7-18(19)24(26)32-25/h5-12,14-15H,3-4,13H2,1-2H3,(H,27,28)/t25-/m0/s1. The number of fused-ring (bicyclic) bond motifs is 6. The van der Waals surface area contributed by atoms with Gasteiger partial charge in [-0.05, 0) is 36.8 Å². The third-order valence-corrected chi connectivity index (χ3v) is 6.78. The topological polar surface area (TPSA) is 101 Å². The van der Waals surface area contributed by atoms with E-state index >= 15 is 0 Å². The van der Waals surface area contributed by atoms with E-state index < -0.39 is 19.4 Å². The van der Waals surface area contributed by atoms with Gasteiger partial charge in [0.1, 0.15) is 23.0 Å². The van der Waals surface area contributed by atoms with Crippen molar-refractivity contribution in [1.29, 1.82) is 0 Å². The van der Waals surface area contributed by atoms with Crippen LogP contribution in [0.3, 0.4) is 0 Å². The first-order valence-electron chi connectivity index (χ1n) is 10.9. The lowest BCUT2D eigenvalue weighted by Crippen LogP contribution is -2.33. The molecule has 0 amide bonds. The minimum atomic E-state index is -4.28. The van der Waals surface area contributed by atoms with E-state index in [4.69, 9.17) is 18.7 Å². The zero-order chi connectivity index (χ0) is 23.9. The highest BCUT2D eigenvalue weighted by Crippen LogP contribution is 2.57. The van der Waals surface area contributed by atoms with Crippen molar-refractivity contribution >= 4 is 13.8 Å². The van der Waals surface area contributed by atoms with Crippen LogP contribution in [-0.2, 0) is 19.4 Å². The van der Waals surface area contributed by atoms with E-state index in [2.05, 4.69) is 11.4 Å². The van der Waals surface area contributed by atoms with Gasteiger partial charge in [-0.3, -0.25) is 9.42 Å². The molecule has 2 atom stereocenters. The summed E-state index contributed by atoms with van der Waals surface area (Å²) in [6.45, 7) is 2.65. The number of esters is 1. The number of rotatable bonds is 7. The molecule has 0 saturated heterocycles. The third-order valence-electron chi connectivity index (χ3n) is 5.87. The fourth-order valence-corrected chi connectivity index (χ4v) is 4.74. The Hall–Kier alpha value is -3.32. The quantitative estimate of drug-likeness (QED) is 0.265. The van der Waals surface area contributed by atoms with Crippen molar-refractivity contribution in [2.75, 3.05) is 13.7 Å². The van der Waals surface area contributed by atoms with Crippen LogP contribution >= 0.6 is 7.82 Å². The lowest BCUT2D eigenvalue weighted by atomic mass is 9.77. The fourth-order valence-electron chi connectivity index (χ4n) is 4.29. The SMILES string of the molecule is CCCCOc1ccc2c(c1)Oc1cc(OP(=O)(O)OC)ccc1[C@@]21OC(=O)c2ccccc21. The molecule has 2 aliphatic heterocycles. The Kier molecular flexibility index (Phi) is 5.60. The molecular formula is C25H23O8P. The van der Waals surface area contributed by atoms with Crippen LogP contribution < -0.4 is 14.0 Å². The number of carbonyl (C=O) groups excluding carboxylic acids is 1. The average Bonchev–Trinajstić information content (AvgIpc) is 3.12. The predicted molar refractivity (Wildman–Crippen MR) is 123 cm³/mol. The van der Waals surface area contributed by atoms with Gasteiger partial charge in [0.15, 0.2) is 5.60 Å². The van der Waals surface area contributed by atoms with Crippen LogP contribution in [0.1, 0.15) is 46.8 Å². The Bertz CT molecular complexity index is 1320. The van der Waals surface area contributed by atoms with Crippen LogP contribution in [0.2, 0.25) is 0 Å². The average molecular weight is 482 g/mol. The molecule has 176 valence electrons. The molecule has 3 aromatic carbocycles. The Balaban J connectivity index is 1.67. The number of ether oxygens (including phenoxy) is 3. The van der Waals surface area contributed by atoms with Gasteiger partial charge in [-0.2, -0.15) is 0 Å². The van der Waals surface area contributed by atoms with E-state index in [1.54, 1.807) is 24.3 Å². The molecule has 1 spiro atoms. The van der Waals surface area contributed by atoms with Crippen LogP contribution in [0, 0.1) is 0 Å². The van der Waals surface area contributed by atoms with Crippen LogP contribution in [0.15, 0.2) is 60.7 Å². The Morgan fingerprint density at radius 1 is 0.971 bits per heavy atom. The van der Waals surface area contributed by atoms with Gasteiger partial charge in [-0.25, -0.2) is 9.36 Å². The van der Waals surface area contributed by atoms with Gasteiger partial charge < -0.3 is 18.7 Å². The molecule has 0 fully saturated rings. The minimum absolute atomic E-state index is 0.0676. The molecule has 0 radical (unpaired) electrons. The highest BCUT2D eigenvalue weighted by atomic mass is 31.2. The summed E-state index contributed by atoms with van der Waals surface area (Å²) in [7, 11) is -3.20. The number of unbranched alkanes of at least 4 members (excludes halogenated alkanes) is 1. The summed E-state index contributed by atoms with van der Waals surface area (Å²) in [4.78, 5) is 22.6. The van der Waals surface area contributed by atoms with Gasteiger partial charge in [-0.1, -0.05) is 31.5 Å². The Morgan fingerprint density at radius 2 is 1.65 bits per heavy atom. The van der Waals surface area contributed by atoms with E-state index in [-0.39, 0.29) is 5.75 Å². The Labute approximate surface area is 196 Å². The van der Waals surface area contributed by atoms with Gasteiger partial charge >= 0.3 is 13.8 Å². The van der Waals surface area contributed by atoms with Gasteiger partial charge in [0, 0.05) is 35.9 Å². The molecule has 0 aliphatic carbocycles. The molecule has 34 heavy (non-hydrogen) atoms. The van der Waals surface area contributed by atoms with E-state index in [0.717, 1.165) is 20.0 Å². The van der Waals surface area contributed by atoms with Gasteiger partial charge in [0.2, 0.25) is 0 Å². The lowest BCUT2D eigenvalue weighted by Gasteiger charge is -2.36. The molecule has 2 heterocycles. The second-order valence-electron chi connectivity index (χ2n) is 7.98. The molecule has 5 rings (SSSR count). The minimum Gasteiger partial charge on any atom is -0.493 e. The van der Waals surface area contributed by atoms with Crippen LogP contribution in [-0.4, -0.2) is 24.6 Å². The zero-order valence-corrected chi connectivity index (χ0v) is 19.5. The number of hydrogen-bond donors (Lipinski definition) is 1. The predicted octanol–water partition coefficient (Wildman–Crippen LogP) is 5.56. The Morgan fingerprint density at radius 3 is 2.35 bits per heavy atom. The van der Waals surface area contributed by atoms with Crippen LogP contribution in [0.5, 0.6) is 23.0 Å². The summed E-state index contributed by atoms with van der Waals surface area (Å²) in [6.07, 6.45) is 1.92. The number of phosphoric ester groups is 1. The van der Waals surface area contributed by atoms with E-state index in [1.165, 1.54) is 12.1 Å². The third kappa shape index (κ3) is 3.64.